The first-order chi connectivity index (χ1) is 10.0. The first-order valence-electron chi connectivity index (χ1n) is 7.90. The van der Waals surface area contributed by atoms with Crippen LogP contribution in [0.4, 0.5) is 0 Å². The first-order valence-corrected chi connectivity index (χ1v) is 8.72. The number of nitrogens with one attached hydrogen (secondary N) is 1. The smallest absolute Gasteiger partial charge is 0.0671 e. The Hall–Kier alpha value is -1.12. The molecular weight excluding hydrogens is 274 g/mol. The summed E-state index contributed by atoms with van der Waals surface area (Å²) in [6.07, 6.45) is 1.15. The van der Waals surface area contributed by atoms with Crippen LogP contribution in [0.25, 0.3) is 0 Å². The number of hydrogen-bond acceptors (Lipinski definition) is 2. The quantitative estimate of drug-likeness (QED) is 0.767. The van der Waals surface area contributed by atoms with Crippen molar-refractivity contribution in [2.45, 2.75) is 47.1 Å². The molecular formula is C19H27NS. The Kier molecular flexibility index (Phi) is 5.60. The van der Waals surface area contributed by atoms with Gasteiger partial charge in [0.2, 0.25) is 0 Å². The van der Waals surface area contributed by atoms with Crippen LogP contribution in [0.1, 0.15) is 53.3 Å². The minimum atomic E-state index is 0.319. The van der Waals surface area contributed by atoms with E-state index < -0.39 is 0 Å². The van der Waals surface area contributed by atoms with Crippen molar-refractivity contribution in [3.8, 4) is 0 Å². The van der Waals surface area contributed by atoms with Gasteiger partial charge in [0.1, 0.15) is 0 Å². The monoisotopic (exact) mass is 301 g/mol. The summed E-state index contributed by atoms with van der Waals surface area (Å²) in [6, 6.07) is 11.7. The van der Waals surface area contributed by atoms with Crippen molar-refractivity contribution >= 4 is 11.3 Å². The van der Waals surface area contributed by atoms with Gasteiger partial charge in [-0.25, -0.2) is 0 Å². The van der Waals surface area contributed by atoms with Crippen LogP contribution in [0.5, 0.6) is 0 Å². The van der Waals surface area contributed by atoms with Crippen LogP contribution in [-0.2, 0) is 6.42 Å². The fourth-order valence-electron chi connectivity index (χ4n) is 2.70. The Labute approximate surface area is 133 Å². The standard InChI is InChI=1S/C19H27NS/c1-6-20-19(18-11-14(4)15(5)21-18)17-9-7-8-16(12-17)10-13(2)3/h7-9,11-13,19-20H,6,10H2,1-5H3. The molecule has 1 aromatic carbocycles. The molecule has 1 aromatic heterocycles. The van der Waals surface area contributed by atoms with E-state index >= 15 is 0 Å². The molecule has 1 atom stereocenters. The lowest BCUT2D eigenvalue weighted by molar-refractivity contribution is 0.630. The number of aryl methyl sites for hydroxylation is 2. The lowest BCUT2D eigenvalue weighted by Gasteiger charge is -2.18. The normalized spacial score (nSPS) is 12.9. The average Bonchev–Trinajstić information content (AvgIpc) is 2.75. The van der Waals surface area contributed by atoms with Crippen LogP contribution in [0, 0.1) is 19.8 Å². The van der Waals surface area contributed by atoms with E-state index in [2.05, 4.69) is 70.3 Å². The zero-order valence-corrected chi connectivity index (χ0v) is 14.7. The Morgan fingerprint density at radius 3 is 2.48 bits per heavy atom. The highest BCUT2D eigenvalue weighted by Gasteiger charge is 2.16. The second-order valence-electron chi connectivity index (χ2n) is 6.22. The van der Waals surface area contributed by atoms with Crippen LogP contribution in [0.3, 0.4) is 0 Å². The molecule has 1 heterocycles. The summed E-state index contributed by atoms with van der Waals surface area (Å²) in [7, 11) is 0. The summed E-state index contributed by atoms with van der Waals surface area (Å²) >= 11 is 1.91. The fourth-order valence-corrected chi connectivity index (χ4v) is 3.85. The Bertz CT molecular complexity index is 564. The molecule has 1 nitrogen and oxygen atoms in total. The SMILES string of the molecule is CCNC(c1cccc(CC(C)C)c1)c1cc(C)c(C)s1. The van der Waals surface area contributed by atoms with Crippen LogP contribution in [0.2, 0.25) is 0 Å². The Morgan fingerprint density at radius 2 is 1.90 bits per heavy atom. The minimum Gasteiger partial charge on any atom is -0.306 e. The van der Waals surface area contributed by atoms with Crippen molar-refractivity contribution in [3.05, 3.63) is 56.8 Å². The van der Waals surface area contributed by atoms with Gasteiger partial charge in [-0.05, 0) is 55.5 Å². The molecule has 0 fully saturated rings. The molecule has 0 aliphatic rings. The number of benzene rings is 1. The van der Waals surface area contributed by atoms with E-state index in [0.29, 0.717) is 12.0 Å². The molecule has 0 bridgehead atoms. The molecule has 1 N–H and O–H groups in total. The second kappa shape index (κ2) is 7.24. The zero-order chi connectivity index (χ0) is 15.4. The molecule has 2 aromatic rings. The molecule has 0 saturated heterocycles. The van der Waals surface area contributed by atoms with Gasteiger partial charge in [0.25, 0.3) is 0 Å². The molecule has 2 heteroatoms. The van der Waals surface area contributed by atoms with E-state index in [1.807, 2.05) is 11.3 Å². The third kappa shape index (κ3) is 4.18. The first kappa shape index (κ1) is 16.3. The van der Waals surface area contributed by atoms with Crippen LogP contribution < -0.4 is 5.32 Å². The molecule has 0 saturated carbocycles. The van der Waals surface area contributed by atoms with E-state index in [1.165, 1.54) is 26.4 Å². The molecule has 114 valence electrons. The van der Waals surface area contributed by atoms with Gasteiger partial charge < -0.3 is 5.32 Å². The molecule has 0 spiro atoms. The van der Waals surface area contributed by atoms with E-state index in [0.717, 1.165) is 13.0 Å². The molecule has 1 unspecified atom stereocenters. The molecule has 21 heavy (non-hydrogen) atoms. The number of rotatable bonds is 6. The highest BCUT2D eigenvalue weighted by atomic mass is 32.1. The van der Waals surface area contributed by atoms with Gasteiger partial charge >= 0.3 is 0 Å². The maximum absolute atomic E-state index is 3.65. The Balaban J connectivity index is 2.33. The van der Waals surface area contributed by atoms with E-state index in [9.17, 15) is 0 Å². The van der Waals surface area contributed by atoms with Gasteiger partial charge in [0.05, 0.1) is 6.04 Å². The molecule has 2 rings (SSSR count). The van der Waals surface area contributed by atoms with Crippen LogP contribution in [0.15, 0.2) is 30.3 Å². The van der Waals surface area contributed by atoms with Gasteiger partial charge in [-0.15, -0.1) is 11.3 Å². The average molecular weight is 301 g/mol. The highest BCUT2D eigenvalue weighted by Crippen LogP contribution is 2.31. The maximum Gasteiger partial charge on any atom is 0.0671 e. The summed E-state index contributed by atoms with van der Waals surface area (Å²) in [5.74, 6) is 0.698. The second-order valence-corrected chi connectivity index (χ2v) is 7.51. The Morgan fingerprint density at radius 1 is 1.14 bits per heavy atom. The third-order valence-corrected chi connectivity index (χ3v) is 5.02. The maximum atomic E-state index is 3.65. The van der Waals surface area contributed by atoms with Gasteiger partial charge in [0.15, 0.2) is 0 Å². The van der Waals surface area contributed by atoms with Crippen molar-refractivity contribution in [3.63, 3.8) is 0 Å². The summed E-state index contributed by atoms with van der Waals surface area (Å²) in [6.45, 7) is 12.1. The topological polar surface area (TPSA) is 12.0 Å². The van der Waals surface area contributed by atoms with Gasteiger partial charge in [-0.3, -0.25) is 0 Å². The molecule has 0 radical (unpaired) electrons. The summed E-state index contributed by atoms with van der Waals surface area (Å²) in [4.78, 5) is 2.85. The summed E-state index contributed by atoms with van der Waals surface area (Å²) < 4.78 is 0. The van der Waals surface area contributed by atoms with Crippen LogP contribution in [-0.4, -0.2) is 6.54 Å². The van der Waals surface area contributed by atoms with Crippen molar-refractivity contribution in [1.82, 2.24) is 5.32 Å². The lowest BCUT2D eigenvalue weighted by atomic mass is 9.97. The molecule has 0 amide bonds. The van der Waals surface area contributed by atoms with Gasteiger partial charge in [-0.2, -0.15) is 0 Å². The van der Waals surface area contributed by atoms with E-state index in [4.69, 9.17) is 0 Å². The lowest BCUT2D eigenvalue weighted by Crippen LogP contribution is -2.21. The predicted molar refractivity (Wildman–Crippen MR) is 94.3 cm³/mol. The van der Waals surface area contributed by atoms with E-state index in [1.54, 1.807) is 0 Å². The van der Waals surface area contributed by atoms with Crippen molar-refractivity contribution in [2.75, 3.05) is 6.54 Å². The van der Waals surface area contributed by atoms with Crippen molar-refractivity contribution < 1.29 is 0 Å². The van der Waals surface area contributed by atoms with Gasteiger partial charge in [-0.1, -0.05) is 45.0 Å². The minimum absolute atomic E-state index is 0.319. The molecule has 0 aliphatic carbocycles. The summed E-state index contributed by atoms with van der Waals surface area (Å²) in [5.41, 5.74) is 4.22. The number of hydrogen-bond donors (Lipinski definition) is 1. The third-order valence-electron chi connectivity index (χ3n) is 3.81. The van der Waals surface area contributed by atoms with Gasteiger partial charge in [0, 0.05) is 9.75 Å². The predicted octanol–water partition coefficient (Wildman–Crippen LogP) is 5.26. The van der Waals surface area contributed by atoms with Crippen LogP contribution >= 0.6 is 11.3 Å². The zero-order valence-electron chi connectivity index (χ0n) is 13.9. The number of thiophene rings is 1. The van der Waals surface area contributed by atoms with E-state index in [-0.39, 0.29) is 0 Å². The largest absolute Gasteiger partial charge is 0.306 e. The summed E-state index contributed by atoms with van der Waals surface area (Å²) in [5, 5.41) is 3.65. The highest BCUT2D eigenvalue weighted by molar-refractivity contribution is 7.12. The van der Waals surface area contributed by atoms with Crippen molar-refractivity contribution in [1.29, 1.82) is 0 Å². The molecule has 0 aliphatic heterocycles. The fraction of sp³-hybridized carbons (Fsp3) is 0.474. The van der Waals surface area contributed by atoms with Crippen molar-refractivity contribution in [2.24, 2.45) is 5.92 Å².